The number of amides is 7. The van der Waals surface area contributed by atoms with Crippen LogP contribution in [0, 0.1) is 11.8 Å². The van der Waals surface area contributed by atoms with Crippen LogP contribution in [0.2, 0.25) is 10.0 Å². The van der Waals surface area contributed by atoms with Crippen molar-refractivity contribution in [2.45, 2.75) is 119 Å². The summed E-state index contributed by atoms with van der Waals surface area (Å²) in [7, 11) is 1.72. The second-order valence-corrected chi connectivity index (χ2v) is 21.3. The average Bonchev–Trinajstić information content (AvgIpc) is 4.04. The maximum atomic E-state index is 15.6. The molecule has 7 amide bonds. The summed E-state index contributed by atoms with van der Waals surface area (Å²) in [6, 6.07) is 10.3. The smallest absolute Gasteiger partial charge is 0.251 e. The summed E-state index contributed by atoms with van der Waals surface area (Å²) >= 11 is 17.9. The van der Waals surface area contributed by atoms with Gasteiger partial charge in [0.2, 0.25) is 29.5 Å². The Morgan fingerprint density at radius 3 is 2.12 bits per heavy atom. The van der Waals surface area contributed by atoms with E-state index in [2.05, 4.69) is 21.3 Å². The van der Waals surface area contributed by atoms with Crippen molar-refractivity contribution < 1.29 is 38.4 Å². The molecular formula is C48H57Cl2N9O8S. The Labute approximate surface area is 410 Å². The van der Waals surface area contributed by atoms with Crippen LogP contribution in [-0.2, 0) is 51.3 Å². The van der Waals surface area contributed by atoms with Gasteiger partial charge >= 0.3 is 0 Å². The van der Waals surface area contributed by atoms with Crippen LogP contribution in [0.15, 0.2) is 48.5 Å². The SMILES string of the molecule is CNC(=S)NCCCCC1CC(=O)[C@@]2(C[C@H]3C(=O)N(CC(C)C)[C@]4(C[C@H]5C(=O)N(Cc6ccc(Cl)c(Cl)c6)C6(CC7C(=O)NC(CCc8ccccc8)C(=O)N7C6)C(=O)N5C4)C(=O)N3C2)NC1=O. The number of aryl methyl sites for hydroxylation is 1. The Hall–Kier alpha value is -5.33. The molecule has 7 heterocycles. The maximum absolute atomic E-state index is 15.6. The number of piperazine rings is 3. The number of fused-ring (bicyclic) bond motifs is 3. The number of nitrogens with zero attached hydrogens (tertiary/aromatic N) is 5. The first-order valence-electron chi connectivity index (χ1n) is 23.6. The molecule has 17 nitrogen and oxygen atoms in total. The third kappa shape index (κ3) is 8.06. The first-order chi connectivity index (χ1) is 32.4. The highest BCUT2D eigenvalue weighted by atomic mass is 35.5. The van der Waals surface area contributed by atoms with Crippen LogP contribution in [0.3, 0.4) is 0 Å². The van der Waals surface area contributed by atoms with Crippen molar-refractivity contribution in [3.05, 3.63) is 69.7 Å². The van der Waals surface area contributed by atoms with Gasteiger partial charge in [0.1, 0.15) is 40.8 Å². The lowest BCUT2D eigenvalue weighted by molar-refractivity contribution is -0.170. The van der Waals surface area contributed by atoms with Crippen LogP contribution < -0.4 is 21.3 Å². The van der Waals surface area contributed by atoms with Crippen LogP contribution in [-0.4, -0.2) is 157 Å². The van der Waals surface area contributed by atoms with Crippen LogP contribution in [0.4, 0.5) is 0 Å². The molecule has 0 aromatic heterocycles. The molecule has 8 atom stereocenters. The Morgan fingerprint density at radius 1 is 0.750 bits per heavy atom. The maximum Gasteiger partial charge on any atom is 0.251 e. The Morgan fingerprint density at radius 2 is 1.41 bits per heavy atom. The van der Waals surface area contributed by atoms with Gasteiger partial charge in [-0.2, -0.15) is 0 Å². The van der Waals surface area contributed by atoms with Crippen molar-refractivity contribution >= 4 is 87.7 Å². The lowest BCUT2D eigenvalue weighted by Crippen LogP contribution is -2.72. The lowest BCUT2D eigenvalue weighted by Gasteiger charge is -2.49. The third-order valence-electron chi connectivity index (χ3n) is 15.3. The van der Waals surface area contributed by atoms with E-state index in [1.165, 1.54) is 24.5 Å². The monoisotopic (exact) mass is 989 g/mol. The standard InChI is InChI=1S/C48H57Cl2N9O8S/c1-27(2)22-58-41(64)35-19-46(37(60)18-30(38(61)54-46)11-7-8-16-52-45(68)51-3)24-56(35)43(66)48(58)21-36-42(65)59(23-29-12-14-31(49)32(50)17-29)47(44(67)57(36)26-48)20-34-39(62)53-33(40(63)55(34)25-47)15-13-28-9-5-4-6-10-28/h4-6,9-10,12,14,17,27,30,33-36H,7-8,11,13,15-16,18-26H2,1-3H3,(H,53,62)(H,54,61)(H2,51,52,68)/t30?,33?,34?,35-,36-,46-,47?,48-/m0/s1. The summed E-state index contributed by atoms with van der Waals surface area (Å²) in [6.07, 6.45) is 2.20. The van der Waals surface area contributed by atoms with Gasteiger partial charge < -0.3 is 45.8 Å². The Balaban J connectivity index is 1.01. The molecule has 7 aliphatic heterocycles. The van der Waals surface area contributed by atoms with Gasteiger partial charge in [0.05, 0.1) is 29.7 Å². The third-order valence-corrected chi connectivity index (χ3v) is 16.4. The normalized spacial score (nSPS) is 31.0. The average molecular weight is 991 g/mol. The number of benzene rings is 2. The predicted octanol–water partition coefficient (Wildman–Crippen LogP) is 1.95. The Bertz CT molecular complexity index is 2480. The molecule has 0 radical (unpaired) electrons. The zero-order chi connectivity index (χ0) is 48.4. The number of carbonyl (C=O) groups is 8. The number of carbonyl (C=O) groups excluding carboxylic acids is 8. The van der Waals surface area contributed by atoms with Crippen LogP contribution in [0.5, 0.6) is 0 Å². The van der Waals surface area contributed by atoms with Crippen LogP contribution >= 0.6 is 35.4 Å². The topological polar surface area (TPSA) is 201 Å². The number of Topliss-reactive ketones (excluding diaryl/α,β-unsaturated/α-hetero) is 1. The molecule has 9 rings (SSSR count). The molecule has 2 aromatic rings. The van der Waals surface area contributed by atoms with E-state index in [0.29, 0.717) is 42.9 Å². The fraction of sp³-hybridized carbons (Fsp3) is 0.562. The molecule has 4 unspecified atom stereocenters. The molecule has 7 saturated heterocycles. The highest BCUT2D eigenvalue weighted by molar-refractivity contribution is 7.80. The molecule has 7 fully saturated rings. The first kappa shape index (κ1) is 47.7. The molecule has 20 heteroatoms. The van der Waals surface area contributed by atoms with Crippen LogP contribution in [0.1, 0.15) is 76.3 Å². The molecule has 0 saturated carbocycles. The van der Waals surface area contributed by atoms with Gasteiger partial charge in [0, 0.05) is 58.3 Å². The van der Waals surface area contributed by atoms with Gasteiger partial charge in [-0.05, 0) is 67.1 Å². The van der Waals surface area contributed by atoms with Gasteiger partial charge in [-0.3, -0.25) is 38.4 Å². The minimum atomic E-state index is -1.73. The van der Waals surface area contributed by atoms with E-state index in [9.17, 15) is 24.0 Å². The number of ketones is 1. The van der Waals surface area contributed by atoms with Crippen molar-refractivity contribution in [3.63, 3.8) is 0 Å². The molecular weight excluding hydrogens is 934 g/mol. The second-order valence-electron chi connectivity index (χ2n) is 20.1. The summed E-state index contributed by atoms with van der Waals surface area (Å²) in [4.78, 5) is 125. The zero-order valence-corrected chi connectivity index (χ0v) is 40.7. The van der Waals surface area contributed by atoms with E-state index in [1.807, 2.05) is 44.2 Å². The number of hydrogen-bond donors (Lipinski definition) is 4. The van der Waals surface area contributed by atoms with E-state index >= 15 is 14.4 Å². The number of piperidine rings is 1. The number of unbranched alkanes of at least 4 members (excludes halogenated alkanes) is 1. The highest BCUT2D eigenvalue weighted by Gasteiger charge is 2.72. The molecule has 7 aliphatic rings. The summed E-state index contributed by atoms with van der Waals surface area (Å²) in [6.45, 7) is 3.60. The largest absolute Gasteiger partial charge is 0.366 e. The van der Waals surface area contributed by atoms with E-state index < -0.39 is 76.2 Å². The van der Waals surface area contributed by atoms with Gasteiger partial charge in [-0.25, -0.2) is 0 Å². The molecule has 2 aromatic carbocycles. The van der Waals surface area contributed by atoms with Gasteiger partial charge in [-0.15, -0.1) is 0 Å². The lowest BCUT2D eigenvalue weighted by atomic mass is 9.79. The first-order valence-corrected chi connectivity index (χ1v) is 24.7. The number of hydrogen-bond acceptors (Lipinski definition) is 9. The fourth-order valence-corrected chi connectivity index (χ4v) is 12.3. The fourth-order valence-electron chi connectivity index (χ4n) is 11.9. The number of halogens is 2. The van der Waals surface area contributed by atoms with Crippen molar-refractivity contribution in [2.75, 3.05) is 39.8 Å². The summed E-state index contributed by atoms with van der Waals surface area (Å²) in [5.41, 5.74) is -3.36. The highest BCUT2D eigenvalue weighted by Crippen LogP contribution is 2.50. The number of thiocarbonyl (C=S) groups is 1. The molecule has 362 valence electrons. The van der Waals surface area contributed by atoms with Crippen LogP contribution in [0.25, 0.3) is 0 Å². The van der Waals surface area contributed by atoms with E-state index in [0.717, 1.165) is 12.0 Å². The molecule has 0 aliphatic carbocycles. The zero-order valence-electron chi connectivity index (χ0n) is 38.4. The van der Waals surface area contributed by atoms with E-state index in [1.54, 1.807) is 25.2 Å². The number of nitrogens with one attached hydrogen (secondary N) is 4. The van der Waals surface area contributed by atoms with Crippen molar-refractivity contribution in [1.29, 1.82) is 0 Å². The Kier molecular flexibility index (Phi) is 12.8. The molecule has 0 bridgehead atoms. The van der Waals surface area contributed by atoms with Gasteiger partial charge in [0.15, 0.2) is 10.9 Å². The summed E-state index contributed by atoms with van der Waals surface area (Å²) in [5.74, 6) is -4.02. The summed E-state index contributed by atoms with van der Waals surface area (Å²) in [5, 5.41) is 12.8. The molecule has 68 heavy (non-hydrogen) atoms. The van der Waals surface area contributed by atoms with Gasteiger partial charge in [0.25, 0.3) is 11.8 Å². The van der Waals surface area contributed by atoms with Crippen molar-refractivity contribution in [2.24, 2.45) is 11.8 Å². The molecule has 4 N–H and O–H groups in total. The predicted molar refractivity (Wildman–Crippen MR) is 254 cm³/mol. The van der Waals surface area contributed by atoms with E-state index in [-0.39, 0.29) is 92.0 Å². The minimum Gasteiger partial charge on any atom is -0.366 e. The molecule has 3 spiro atoms. The quantitative estimate of drug-likeness (QED) is 0.179. The second kappa shape index (κ2) is 18.2. The number of rotatable bonds is 12. The van der Waals surface area contributed by atoms with Gasteiger partial charge in [-0.1, -0.05) is 79.9 Å². The van der Waals surface area contributed by atoms with Crippen molar-refractivity contribution in [3.8, 4) is 0 Å². The minimum absolute atomic E-state index is 0.0279. The van der Waals surface area contributed by atoms with Crippen molar-refractivity contribution in [1.82, 2.24) is 45.8 Å². The van der Waals surface area contributed by atoms with E-state index in [4.69, 9.17) is 35.4 Å². The summed E-state index contributed by atoms with van der Waals surface area (Å²) < 4.78 is 0.